The molecule has 0 radical (unpaired) electrons. The Balaban J connectivity index is 1.82. The van der Waals surface area contributed by atoms with Gasteiger partial charge >= 0.3 is 5.97 Å². The zero-order valence-corrected chi connectivity index (χ0v) is 18.0. The number of ether oxygens (including phenoxy) is 2. The molecule has 156 valence electrons. The van der Waals surface area contributed by atoms with Gasteiger partial charge in [-0.05, 0) is 60.7 Å². The number of carboxylic acids is 1. The second kappa shape index (κ2) is 9.88. The van der Waals surface area contributed by atoms with E-state index >= 15 is 0 Å². The fourth-order valence-electron chi connectivity index (χ4n) is 2.45. The number of amidine groups is 1. The Bertz CT molecular complexity index is 1060. The Morgan fingerprint density at radius 3 is 2.70 bits per heavy atom. The van der Waals surface area contributed by atoms with Gasteiger partial charge in [0, 0.05) is 5.02 Å². The molecule has 1 amide bonds. The van der Waals surface area contributed by atoms with Gasteiger partial charge in [0.15, 0.2) is 23.3 Å². The Labute approximate surface area is 186 Å². The van der Waals surface area contributed by atoms with Crippen LogP contribution < -0.4 is 14.8 Å². The summed E-state index contributed by atoms with van der Waals surface area (Å²) in [5, 5.41) is 12.7. The molecule has 7 nitrogen and oxygen atoms in total. The average molecular weight is 467 g/mol. The lowest BCUT2D eigenvalue weighted by molar-refractivity contribution is -0.139. The molecule has 10 heteroatoms. The minimum atomic E-state index is -1.09. The molecule has 0 saturated carbocycles. The van der Waals surface area contributed by atoms with Crippen molar-refractivity contribution in [3.05, 3.63) is 56.9 Å². The van der Waals surface area contributed by atoms with Gasteiger partial charge < -0.3 is 19.9 Å². The van der Waals surface area contributed by atoms with Gasteiger partial charge in [-0.1, -0.05) is 29.3 Å². The van der Waals surface area contributed by atoms with E-state index in [1.165, 1.54) is 11.8 Å². The van der Waals surface area contributed by atoms with Crippen LogP contribution in [0, 0.1) is 0 Å². The number of nitrogens with one attached hydrogen (secondary N) is 1. The monoisotopic (exact) mass is 466 g/mol. The number of aliphatic carboxylic acids is 1. The molecular formula is C20H16Cl2N2O5S. The summed E-state index contributed by atoms with van der Waals surface area (Å²) >= 11 is 13.2. The fourth-order valence-corrected chi connectivity index (χ4v) is 3.74. The predicted molar refractivity (Wildman–Crippen MR) is 118 cm³/mol. The van der Waals surface area contributed by atoms with Crippen molar-refractivity contribution in [2.75, 3.05) is 13.2 Å². The van der Waals surface area contributed by atoms with Crippen LogP contribution in [0.3, 0.4) is 0 Å². The van der Waals surface area contributed by atoms with Crippen LogP contribution in [0.1, 0.15) is 12.5 Å². The van der Waals surface area contributed by atoms with Crippen molar-refractivity contribution in [3.8, 4) is 11.5 Å². The summed E-state index contributed by atoms with van der Waals surface area (Å²) in [6, 6.07) is 9.87. The van der Waals surface area contributed by atoms with Crippen LogP contribution >= 0.6 is 35.0 Å². The Hall–Kier alpha value is -2.68. The van der Waals surface area contributed by atoms with Gasteiger partial charge in [0.1, 0.15) is 0 Å². The highest BCUT2D eigenvalue weighted by molar-refractivity contribution is 8.18. The summed E-state index contributed by atoms with van der Waals surface area (Å²) in [6.07, 6.45) is 1.68. The third-order valence-corrected chi connectivity index (χ3v) is 5.15. The van der Waals surface area contributed by atoms with Crippen molar-refractivity contribution in [3.63, 3.8) is 0 Å². The molecule has 0 bridgehead atoms. The number of hydrogen-bond acceptors (Lipinski definition) is 6. The van der Waals surface area contributed by atoms with E-state index in [4.69, 9.17) is 37.8 Å². The van der Waals surface area contributed by atoms with E-state index in [1.807, 2.05) is 0 Å². The van der Waals surface area contributed by atoms with Crippen LogP contribution in [-0.2, 0) is 9.59 Å². The smallest absolute Gasteiger partial charge is 0.341 e. The molecule has 2 N–H and O–H groups in total. The first-order valence-electron chi connectivity index (χ1n) is 8.71. The summed E-state index contributed by atoms with van der Waals surface area (Å²) in [4.78, 5) is 27.8. The number of aliphatic imine (C=N–C) groups is 1. The highest BCUT2D eigenvalue weighted by atomic mass is 35.5. The van der Waals surface area contributed by atoms with E-state index in [1.54, 1.807) is 49.4 Å². The van der Waals surface area contributed by atoms with Gasteiger partial charge in [-0.15, -0.1) is 0 Å². The molecule has 0 atom stereocenters. The maximum Gasteiger partial charge on any atom is 0.341 e. The number of benzene rings is 2. The molecule has 3 rings (SSSR count). The number of nitrogens with zero attached hydrogens (tertiary/aromatic N) is 1. The molecule has 1 heterocycles. The summed E-state index contributed by atoms with van der Waals surface area (Å²) in [7, 11) is 0. The van der Waals surface area contributed by atoms with E-state index in [0.29, 0.717) is 49.5 Å². The van der Waals surface area contributed by atoms with Crippen LogP contribution in [0.25, 0.3) is 6.08 Å². The highest BCUT2D eigenvalue weighted by Gasteiger charge is 2.24. The highest BCUT2D eigenvalue weighted by Crippen LogP contribution is 2.34. The second-order valence-corrected chi connectivity index (χ2v) is 7.77. The second-order valence-electron chi connectivity index (χ2n) is 5.90. The zero-order valence-electron chi connectivity index (χ0n) is 15.6. The van der Waals surface area contributed by atoms with Crippen molar-refractivity contribution in [1.29, 1.82) is 0 Å². The van der Waals surface area contributed by atoms with E-state index in [9.17, 15) is 9.59 Å². The lowest BCUT2D eigenvalue weighted by atomic mass is 10.2. The molecule has 1 aliphatic heterocycles. The molecule has 0 unspecified atom stereocenters. The van der Waals surface area contributed by atoms with Crippen LogP contribution in [0.2, 0.25) is 10.0 Å². The van der Waals surface area contributed by atoms with Crippen molar-refractivity contribution in [2.24, 2.45) is 4.99 Å². The SMILES string of the molecule is CCOc1cc(/C=C2/SC(=Nc3ccc(Cl)cc3Cl)NC2=O)ccc1OCC(=O)O. The fraction of sp³-hybridized carbons (Fsp3) is 0.150. The molecule has 30 heavy (non-hydrogen) atoms. The number of hydrogen-bond donors (Lipinski definition) is 2. The van der Waals surface area contributed by atoms with Gasteiger partial charge in [0.25, 0.3) is 5.91 Å². The number of carbonyl (C=O) groups is 2. The van der Waals surface area contributed by atoms with Crippen LogP contribution in [-0.4, -0.2) is 35.4 Å². The topological polar surface area (TPSA) is 97.2 Å². The lowest BCUT2D eigenvalue weighted by Gasteiger charge is -2.11. The van der Waals surface area contributed by atoms with E-state index in [0.717, 1.165) is 0 Å². The van der Waals surface area contributed by atoms with Gasteiger partial charge in [-0.25, -0.2) is 9.79 Å². The number of halogens is 2. The quantitative estimate of drug-likeness (QED) is 0.571. The first kappa shape index (κ1) is 22.0. The van der Waals surface area contributed by atoms with Crippen molar-refractivity contribution >= 4 is 63.8 Å². The first-order chi connectivity index (χ1) is 14.4. The van der Waals surface area contributed by atoms with Gasteiger partial charge in [0.2, 0.25) is 0 Å². The van der Waals surface area contributed by atoms with Crippen molar-refractivity contribution in [1.82, 2.24) is 5.32 Å². The third-order valence-electron chi connectivity index (χ3n) is 3.70. The largest absolute Gasteiger partial charge is 0.490 e. The lowest BCUT2D eigenvalue weighted by Crippen LogP contribution is -2.19. The molecule has 2 aromatic rings. The molecule has 2 aromatic carbocycles. The number of thioether (sulfide) groups is 1. The van der Waals surface area contributed by atoms with E-state index in [-0.39, 0.29) is 5.91 Å². The van der Waals surface area contributed by atoms with Gasteiger partial charge in [-0.3, -0.25) is 4.79 Å². The zero-order chi connectivity index (χ0) is 21.7. The molecule has 0 spiro atoms. The molecule has 1 aliphatic rings. The van der Waals surface area contributed by atoms with Crippen LogP contribution in [0.5, 0.6) is 11.5 Å². The normalized spacial score (nSPS) is 16.0. The summed E-state index contributed by atoms with van der Waals surface area (Å²) in [5.41, 5.74) is 1.17. The van der Waals surface area contributed by atoms with Crippen LogP contribution in [0.15, 0.2) is 46.3 Å². The Morgan fingerprint density at radius 1 is 1.20 bits per heavy atom. The summed E-state index contributed by atoms with van der Waals surface area (Å²) in [6.45, 7) is 1.69. The van der Waals surface area contributed by atoms with Gasteiger partial charge in [0.05, 0.1) is 22.2 Å². The maximum atomic E-state index is 12.3. The molecule has 1 fully saturated rings. The van der Waals surface area contributed by atoms with E-state index in [2.05, 4.69) is 10.3 Å². The molecule has 1 saturated heterocycles. The van der Waals surface area contributed by atoms with Crippen molar-refractivity contribution < 1.29 is 24.2 Å². The number of carbonyl (C=O) groups excluding carboxylic acids is 1. The number of amides is 1. The van der Waals surface area contributed by atoms with Gasteiger partial charge in [-0.2, -0.15) is 0 Å². The minimum Gasteiger partial charge on any atom is -0.490 e. The number of carboxylic acid groups (broad SMARTS) is 1. The minimum absolute atomic E-state index is 0.298. The predicted octanol–water partition coefficient (Wildman–Crippen LogP) is 4.75. The molecule has 0 aromatic heterocycles. The number of rotatable bonds is 7. The van der Waals surface area contributed by atoms with Crippen LogP contribution in [0.4, 0.5) is 5.69 Å². The maximum absolute atomic E-state index is 12.3. The Kier molecular flexibility index (Phi) is 7.25. The molecule has 0 aliphatic carbocycles. The third kappa shape index (κ3) is 5.69. The Morgan fingerprint density at radius 2 is 2.00 bits per heavy atom. The summed E-state index contributed by atoms with van der Waals surface area (Å²) < 4.78 is 10.8. The first-order valence-corrected chi connectivity index (χ1v) is 10.3. The molecular weight excluding hydrogens is 451 g/mol. The van der Waals surface area contributed by atoms with Crippen molar-refractivity contribution in [2.45, 2.75) is 6.92 Å². The standard InChI is InChI=1S/C20H16Cl2N2O5S/c1-2-28-16-7-11(3-6-15(16)29-10-18(25)26)8-17-19(27)24-20(30-17)23-14-5-4-12(21)9-13(14)22/h3-9H,2,10H2,1H3,(H,25,26)(H,23,24,27)/b17-8+. The van der Waals surface area contributed by atoms with E-state index < -0.39 is 12.6 Å². The summed E-state index contributed by atoms with van der Waals surface area (Å²) in [5.74, 6) is -0.689. The average Bonchev–Trinajstić information content (AvgIpc) is 3.02.